The number of benzene rings is 1. The monoisotopic (exact) mass is 376 g/mol. The summed E-state index contributed by atoms with van der Waals surface area (Å²) in [6.45, 7) is 1.54. The second kappa shape index (κ2) is 7.31. The normalized spacial score (nSPS) is 12.7. The van der Waals surface area contributed by atoms with Crippen LogP contribution in [0.3, 0.4) is 0 Å². The van der Waals surface area contributed by atoms with E-state index in [0.29, 0.717) is 9.76 Å². The zero-order chi connectivity index (χ0) is 17.9. The minimum absolute atomic E-state index is 0.00727. The lowest BCUT2D eigenvalue weighted by atomic mass is 10.2. The number of hydrogen-bond acceptors (Lipinski definition) is 3. The van der Waals surface area contributed by atoms with E-state index in [4.69, 9.17) is 11.6 Å². The Bertz CT molecular complexity index is 756. The molecule has 0 fully saturated rings. The maximum atomic E-state index is 12.7. The molecule has 1 N–H and O–H groups in total. The standard InChI is InChI=1S/C15H12ClF3N2O2S/c1-9(24-13-4-2-3-7-21(13)23)14(22)20-12-8-10(15(17,18)19)5-6-11(12)16/h2-9H,1H3,(H,20,22)/t9-/m1/s1. The number of carbonyl (C=O) groups is 1. The number of nitrogens with one attached hydrogen (secondary N) is 1. The van der Waals surface area contributed by atoms with Crippen molar-refractivity contribution < 1.29 is 22.7 Å². The predicted molar refractivity (Wildman–Crippen MR) is 85.8 cm³/mol. The van der Waals surface area contributed by atoms with Crippen molar-refractivity contribution in [3.8, 4) is 0 Å². The Labute approximate surface area is 145 Å². The zero-order valence-electron chi connectivity index (χ0n) is 12.3. The average Bonchev–Trinajstić information content (AvgIpc) is 2.50. The molecule has 1 heterocycles. The average molecular weight is 377 g/mol. The number of carbonyl (C=O) groups excluding carboxylic acids is 1. The van der Waals surface area contributed by atoms with E-state index in [1.54, 1.807) is 18.2 Å². The second-order valence-corrected chi connectivity index (χ2v) is 6.57. The van der Waals surface area contributed by atoms with Crippen molar-refractivity contribution in [1.82, 2.24) is 0 Å². The molecular formula is C15H12ClF3N2O2S. The number of nitrogens with zero attached hydrogens (tertiary/aromatic N) is 1. The third-order valence-corrected chi connectivity index (χ3v) is 4.46. The molecule has 0 saturated heterocycles. The summed E-state index contributed by atoms with van der Waals surface area (Å²) in [4.78, 5) is 12.2. The van der Waals surface area contributed by atoms with E-state index in [9.17, 15) is 23.2 Å². The largest absolute Gasteiger partial charge is 0.618 e. The van der Waals surface area contributed by atoms with Crippen LogP contribution in [0.1, 0.15) is 12.5 Å². The Morgan fingerprint density at radius 2 is 2.04 bits per heavy atom. The van der Waals surface area contributed by atoms with Crippen LogP contribution in [0.5, 0.6) is 0 Å². The number of rotatable bonds is 4. The van der Waals surface area contributed by atoms with E-state index < -0.39 is 22.9 Å². The lowest BCUT2D eigenvalue weighted by Gasteiger charge is -2.14. The molecule has 2 aromatic rings. The third-order valence-electron chi connectivity index (χ3n) is 3.01. The van der Waals surface area contributed by atoms with Gasteiger partial charge in [-0.3, -0.25) is 4.79 Å². The maximum Gasteiger partial charge on any atom is 0.416 e. The quantitative estimate of drug-likeness (QED) is 0.496. The SMILES string of the molecule is C[C@@H](Sc1cccc[n+]1[O-])C(=O)Nc1cc(C(F)(F)F)ccc1Cl. The first kappa shape index (κ1) is 18.4. The second-order valence-electron chi connectivity index (χ2n) is 4.81. The molecule has 0 aliphatic carbocycles. The number of thioether (sulfide) groups is 1. The molecule has 0 spiro atoms. The molecule has 0 aliphatic rings. The van der Waals surface area contributed by atoms with Gasteiger partial charge in [-0.25, -0.2) is 0 Å². The topological polar surface area (TPSA) is 56.0 Å². The van der Waals surface area contributed by atoms with Crippen LogP contribution in [0, 0.1) is 5.21 Å². The molecule has 1 amide bonds. The highest BCUT2D eigenvalue weighted by atomic mass is 35.5. The van der Waals surface area contributed by atoms with Gasteiger partial charge in [0.15, 0.2) is 6.20 Å². The van der Waals surface area contributed by atoms with Gasteiger partial charge in [-0.15, -0.1) is 0 Å². The Morgan fingerprint density at radius 1 is 1.33 bits per heavy atom. The summed E-state index contributed by atoms with van der Waals surface area (Å²) in [6.07, 6.45) is -3.25. The maximum absolute atomic E-state index is 12.7. The van der Waals surface area contributed by atoms with Gasteiger partial charge in [-0.05, 0) is 43.0 Å². The lowest BCUT2D eigenvalue weighted by molar-refractivity contribution is -0.645. The van der Waals surface area contributed by atoms with Crippen LogP contribution in [0.15, 0.2) is 47.6 Å². The van der Waals surface area contributed by atoms with Crippen LogP contribution in [0.25, 0.3) is 0 Å². The summed E-state index contributed by atoms with van der Waals surface area (Å²) in [5.74, 6) is -0.565. The number of anilines is 1. The van der Waals surface area contributed by atoms with E-state index in [1.165, 1.54) is 13.1 Å². The molecule has 2 rings (SSSR count). The molecule has 128 valence electrons. The summed E-state index contributed by atoms with van der Waals surface area (Å²) in [5.41, 5.74) is -1.05. The Hall–Kier alpha value is -1.93. The first-order chi connectivity index (χ1) is 11.2. The molecule has 4 nitrogen and oxygen atoms in total. The summed E-state index contributed by atoms with van der Waals surface area (Å²) in [5, 5.41) is 13.5. The van der Waals surface area contributed by atoms with Gasteiger partial charge in [0.25, 0.3) is 5.03 Å². The fraction of sp³-hybridized carbons (Fsp3) is 0.200. The van der Waals surface area contributed by atoms with Gasteiger partial charge >= 0.3 is 6.18 Å². The highest BCUT2D eigenvalue weighted by Gasteiger charge is 2.31. The first-order valence-electron chi connectivity index (χ1n) is 6.71. The summed E-state index contributed by atoms with van der Waals surface area (Å²) in [7, 11) is 0. The molecule has 0 unspecified atom stereocenters. The minimum atomic E-state index is -4.54. The molecule has 0 radical (unpaired) electrons. The Kier molecular flexibility index (Phi) is 5.61. The molecule has 1 aromatic carbocycles. The van der Waals surface area contributed by atoms with Gasteiger partial charge in [0.1, 0.15) is 0 Å². The number of alkyl halides is 3. The predicted octanol–water partition coefficient (Wildman–Crippen LogP) is 4.11. The van der Waals surface area contributed by atoms with Gasteiger partial charge in [-0.1, -0.05) is 11.6 Å². The summed E-state index contributed by atoms with van der Waals surface area (Å²) in [6, 6.07) is 7.41. The van der Waals surface area contributed by atoms with Crippen molar-refractivity contribution in [3.63, 3.8) is 0 Å². The first-order valence-corrected chi connectivity index (χ1v) is 7.96. The number of aromatic nitrogens is 1. The van der Waals surface area contributed by atoms with Crippen molar-refractivity contribution >= 4 is 35.0 Å². The highest BCUT2D eigenvalue weighted by Crippen LogP contribution is 2.34. The van der Waals surface area contributed by atoms with Gasteiger partial charge in [0.05, 0.1) is 21.5 Å². The van der Waals surface area contributed by atoms with Gasteiger partial charge < -0.3 is 10.5 Å². The van der Waals surface area contributed by atoms with Crippen molar-refractivity contribution in [2.75, 3.05) is 5.32 Å². The van der Waals surface area contributed by atoms with Crippen LogP contribution in [0.4, 0.5) is 18.9 Å². The molecule has 9 heteroatoms. The van der Waals surface area contributed by atoms with Crippen LogP contribution >= 0.6 is 23.4 Å². The third kappa shape index (κ3) is 4.55. The van der Waals surface area contributed by atoms with Gasteiger partial charge in [0.2, 0.25) is 5.91 Å². The van der Waals surface area contributed by atoms with Crippen LogP contribution in [-0.2, 0) is 11.0 Å². The molecule has 0 aliphatic heterocycles. The van der Waals surface area contributed by atoms with E-state index in [2.05, 4.69) is 5.32 Å². The molecule has 1 aromatic heterocycles. The molecule has 0 saturated carbocycles. The molecule has 24 heavy (non-hydrogen) atoms. The van der Waals surface area contributed by atoms with Crippen LogP contribution in [0.2, 0.25) is 5.02 Å². The van der Waals surface area contributed by atoms with Gasteiger partial charge in [0, 0.05) is 12.1 Å². The highest BCUT2D eigenvalue weighted by molar-refractivity contribution is 8.00. The fourth-order valence-electron chi connectivity index (χ4n) is 1.77. The van der Waals surface area contributed by atoms with Crippen LogP contribution < -0.4 is 10.0 Å². The smallest absolute Gasteiger partial charge is 0.416 e. The molecule has 0 bridgehead atoms. The number of amides is 1. The number of halogens is 4. The fourth-order valence-corrected chi connectivity index (χ4v) is 2.79. The Morgan fingerprint density at radius 3 is 2.67 bits per heavy atom. The number of pyridine rings is 1. The molecular weight excluding hydrogens is 365 g/mol. The summed E-state index contributed by atoms with van der Waals surface area (Å²) >= 11 is 6.82. The van der Waals surface area contributed by atoms with Crippen molar-refractivity contribution in [3.05, 3.63) is 58.4 Å². The van der Waals surface area contributed by atoms with E-state index in [0.717, 1.165) is 30.0 Å². The summed E-state index contributed by atoms with van der Waals surface area (Å²) < 4.78 is 38.8. The van der Waals surface area contributed by atoms with E-state index >= 15 is 0 Å². The lowest BCUT2D eigenvalue weighted by Crippen LogP contribution is -2.30. The van der Waals surface area contributed by atoms with E-state index in [1.807, 2.05) is 0 Å². The van der Waals surface area contributed by atoms with E-state index in [-0.39, 0.29) is 10.7 Å². The zero-order valence-corrected chi connectivity index (χ0v) is 13.9. The molecule has 1 atom stereocenters. The van der Waals surface area contributed by atoms with Crippen molar-refractivity contribution in [1.29, 1.82) is 0 Å². The van der Waals surface area contributed by atoms with Crippen LogP contribution in [-0.4, -0.2) is 11.2 Å². The van der Waals surface area contributed by atoms with Crippen molar-refractivity contribution in [2.24, 2.45) is 0 Å². The van der Waals surface area contributed by atoms with Gasteiger partial charge in [-0.2, -0.15) is 17.9 Å². The number of hydrogen-bond donors (Lipinski definition) is 1. The minimum Gasteiger partial charge on any atom is -0.618 e. The van der Waals surface area contributed by atoms with Crippen molar-refractivity contribution in [2.45, 2.75) is 23.4 Å². The Balaban J connectivity index is 2.13.